The molecule has 2 aliphatic rings. The van der Waals surface area contributed by atoms with Crippen LogP contribution in [-0.4, -0.2) is 70.8 Å². The van der Waals surface area contributed by atoms with Crippen LogP contribution in [0.1, 0.15) is 30.4 Å². The van der Waals surface area contributed by atoms with Gasteiger partial charge in [0.15, 0.2) is 29.0 Å². The Bertz CT molecular complexity index is 1330. The number of aromatic nitrogens is 4. The summed E-state index contributed by atoms with van der Waals surface area (Å²) in [5.74, 6) is -0.992. The molecule has 2 aromatic heterocycles. The molecule has 3 aromatic rings. The van der Waals surface area contributed by atoms with Crippen LogP contribution in [0.15, 0.2) is 43.0 Å². The molecule has 12 nitrogen and oxygen atoms in total. The van der Waals surface area contributed by atoms with Crippen LogP contribution >= 0.6 is 0 Å². The fourth-order valence-electron chi connectivity index (χ4n) is 4.11. The number of hydrogen-bond donors (Lipinski definition) is 1. The van der Waals surface area contributed by atoms with Gasteiger partial charge < -0.3 is 19.5 Å². The van der Waals surface area contributed by atoms with Crippen molar-refractivity contribution in [3.63, 3.8) is 0 Å². The Kier molecular flexibility index (Phi) is 5.61. The number of hydrogen-bond acceptors (Lipinski definition) is 10. The van der Waals surface area contributed by atoms with Crippen LogP contribution < -0.4 is 5.32 Å². The van der Waals surface area contributed by atoms with E-state index in [2.05, 4.69) is 20.3 Å². The van der Waals surface area contributed by atoms with Crippen molar-refractivity contribution in [2.45, 2.75) is 44.2 Å². The van der Waals surface area contributed by atoms with Gasteiger partial charge in [0.2, 0.25) is 0 Å². The highest BCUT2D eigenvalue weighted by molar-refractivity contribution is 7.85. The SMILES string of the molecule is CC1(C)O[C@@H]2[C@H](O1)[C@@H](COS(C)(=O)=O)O[C@H]2n1cnc2c(NC(=O)c3ccccc3)ncnc21. The zero-order valence-corrected chi connectivity index (χ0v) is 19.4. The summed E-state index contributed by atoms with van der Waals surface area (Å²) in [5.41, 5.74) is 1.24. The van der Waals surface area contributed by atoms with Crippen LogP contribution in [0.3, 0.4) is 0 Å². The van der Waals surface area contributed by atoms with E-state index in [1.165, 1.54) is 12.7 Å². The normalized spacial score (nSPS) is 26.0. The minimum Gasteiger partial charge on any atom is -0.347 e. The molecule has 0 aliphatic carbocycles. The molecule has 0 unspecified atom stereocenters. The van der Waals surface area contributed by atoms with Crippen molar-refractivity contribution >= 4 is 33.0 Å². The second-order valence-electron chi connectivity index (χ2n) is 8.48. The van der Waals surface area contributed by atoms with Gasteiger partial charge >= 0.3 is 0 Å². The Hall–Kier alpha value is -2.97. The number of fused-ring (bicyclic) bond motifs is 2. The minimum atomic E-state index is -3.67. The van der Waals surface area contributed by atoms with Crippen LogP contribution in [-0.2, 0) is 28.5 Å². The zero-order chi connectivity index (χ0) is 24.1. The molecule has 2 saturated heterocycles. The minimum absolute atomic E-state index is 0.226. The fraction of sp³-hybridized carbons (Fsp3) is 0.429. The first-order valence-corrected chi connectivity index (χ1v) is 12.3. The lowest BCUT2D eigenvalue weighted by Crippen LogP contribution is -2.33. The molecular formula is C21H23N5O7S. The van der Waals surface area contributed by atoms with Gasteiger partial charge in [0.25, 0.3) is 16.0 Å². The molecule has 34 heavy (non-hydrogen) atoms. The smallest absolute Gasteiger partial charge is 0.264 e. The highest BCUT2D eigenvalue weighted by Gasteiger charge is 2.56. The second-order valence-corrected chi connectivity index (χ2v) is 10.1. The molecule has 2 aliphatic heterocycles. The van der Waals surface area contributed by atoms with Crippen LogP contribution in [0, 0.1) is 0 Å². The molecule has 0 bridgehead atoms. The Morgan fingerprint density at radius 2 is 1.88 bits per heavy atom. The van der Waals surface area contributed by atoms with Gasteiger partial charge in [-0.3, -0.25) is 13.5 Å². The summed E-state index contributed by atoms with van der Waals surface area (Å²) < 4.78 is 47.7. The molecule has 180 valence electrons. The largest absolute Gasteiger partial charge is 0.347 e. The van der Waals surface area contributed by atoms with Gasteiger partial charge in [0, 0.05) is 5.56 Å². The summed E-state index contributed by atoms with van der Waals surface area (Å²) in [6, 6.07) is 8.73. The molecular weight excluding hydrogens is 466 g/mol. The maximum atomic E-state index is 12.6. The number of rotatable bonds is 6. The Morgan fingerprint density at radius 3 is 2.62 bits per heavy atom. The molecule has 1 aromatic carbocycles. The fourth-order valence-corrected chi connectivity index (χ4v) is 4.49. The summed E-state index contributed by atoms with van der Waals surface area (Å²) in [4.78, 5) is 25.5. The first-order chi connectivity index (χ1) is 16.1. The van der Waals surface area contributed by atoms with Crippen LogP contribution in [0.2, 0.25) is 0 Å². The number of carbonyl (C=O) groups is 1. The van der Waals surface area contributed by atoms with Crippen molar-refractivity contribution < 1.29 is 31.6 Å². The monoisotopic (exact) mass is 489 g/mol. The molecule has 1 N–H and O–H groups in total. The van der Waals surface area contributed by atoms with E-state index < -0.39 is 40.4 Å². The summed E-state index contributed by atoms with van der Waals surface area (Å²) >= 11 is 0. The molecule has 0 radical (unpaired) electrons. The second kappa shape index (κ2) is 8.36. The molecule has 2 fully saturated rings. The number of carbonyl (C=O) groups excluding carboxylic acids is 1. The van der Waals surface area contributed by atoms with Gasteiger partial charge in [0.1, 0.15) is 24.6 Å². The van der Waals surface area contributed by atoms with Crippen LogP contribution in [0.5, 0.6) is 0 Å². The Morgan fingerprint density at radius 1 is 1.15 bits per heavy atom. The Labute approximate surface area is 195 Å². The van der Waals surface area contributed by atoms with E-state index in [0.29, 0.717) is 16.7 Å². The molecule has 4 atom stereocenters. The van der Waals surface area contributed by atoms with Gasteiger partial charge in [-0.2, -0.15) is 8.42 Å². The first kappa shape index (κ1) is 22.8. The lowest BCUT2D eigenvalue weighted by atomic mass is 10.1. The first-order valence-electron chi connectivity index (χ1n) is 10.5. The van der Waals surface area contributed by atoms with E-state index in [9.17, 15) is 13.2 Å². The predicted octanol–water partition coefficient (Wildman–Crippen LogP) is 1.47. The lowest BCUT2D eigenvalue weighted by molar-refractivity contribution is -0.198. The number of amides is 1. The molecule has 13 heteroatoms. The summed E-state index contributed by atoms with van der Waals surface area (Å²) in [6.45, 7) is 3.31. The maximum absolute atomic E-state index is 12.6. The van der Waals surface area contributed by atoms with Gasteiger partial charge in [-0.15, -0.1) is 0 Å². The third-order valence-electron chi connectivity index (χ3n) is 5.47. The van der Waals surface area contributed by atoms with Gasteiger partial charge in [-0.25, -0.2) is 15.0 Å². The molecule has 4 heterocycles. The molecule has 0 spiro atoms. The van der Waals surface area contributed by atoms with Crippen molar-refractivity contribution in [2.75, 3.05) is 18.2 Å². The van der Waals surface area contributed by atoms with E-state index in [4.69, 9.17) is 18.4 Å². The zero-order valence-electron chi connectivity index (χ0n) is 18.6. The van der Waals surface area contributed by atoms with Crippen molar-refractivity contribution in [1.82, 2.24) is 19.5 Å². The Balaban J connectivity index is 1.44. The van der Waals surface area contributed by atoms with Gasteiger partial charge in [-0.05, 0) is 26.0 Å². The number of nitrogens with one attached hydrogen (secondary N) is 1. The number of nitrogens with zero attached hydrogens (tertiary/aromatic N) is 4. The quantitative estimate of drug-likeness (QED) is 0.506. The number of anilines is 1. The van der Waals surface area contributed by atoms with E-state index in [1.807, 2.05) is 6.07 Å². The van der Waals surface area contributed by atoms with E-state index >= 15 is 0 Å². The maximum Gasteiger partial charge on any atom is 0.264 e. The molecule has 0 saturated carbocycles. The molecule has 5 rings (SSSR count). The predicted molar refractivity (Wildman–Crippen MR) is 118 cm³/mol. The topological polar surface area (TPSA) is 144 Å². The number of benzene rings is 1. The number of imidazole rings is 1. The van der Waals surface area contributed by atoms with Crippen LogP contribution in [0.25, 0.3) is 11.2 Å². The van der Waals surface area contributed by atoms with E-state index in [0.717, 1.165) is 6.26 Å². The van der Waals surface area contributed by atoms with Gasteiger partial charge in [0.05, 0.1) is 19.2 Å². The standard InChI is InChI=1S/C21H23N5O7S/c1-21(2)32-15-13(9-30-34(3,28)29)31-20(16(15)33-21)26-11-24-14-17(22-10-23-18(14)26)25-19(27)12-7-5-4-6-8-12/h4-8,10-11,13,15-16,20H,9H2,1-3H3,(H,22,23,25,27)/t13-,15-,16-,20-/m1/s1. The van der Waals surface area contributed by atoms with Gasteiger partial charge in [-0.1, -0.05) is 18.2 Å². The highest BCUT2D eigenvalue weighted by Crippen LogP contribution is 2.44. The average molecular weight is 490 g/mol. The van der Waals surface area contributed by atoms with Crippen LogP contribution in [0.4, 0.5) is 5.82 Å². The van der Waals surface area contributed by atoms with E-state index in [-0.39, 0.29) is 18.3 Å². The number of ether oxygens (including phenoxy) is 3. The van der Waals surface area contributed by atoms with Crippen molar-refractivity contribution in [3.8, 4) is 0 Å². The van der Waals surface area contributed by atoms with E-state index in [1.54, 1.807) is 42.7 Å². The summed E-state index contributed by atoms with van der Waals surface area (Å²) in [7, 11) is -3.67. The van der Waals surface area contributed by atoms with Crippen molar-refractivity contribution in [3.05, 3.63) is 48.5 Å². The third kappa shape index (κ3) is 4.40. The molecule has 1 amide bonds. The highest BCUT2D eigenvalue weighted by atomic mass is 32.2. The van der Waals surface area contributed by atoms with Crippen molar-refractivity contribution in [1.29, 1.82) is 0 Å². The van der Waals surface area contributed by atoms with Crippen molar-refractivity contribution in [2.24, 2.45) is 0 Å². The summed E-state index contributed by atoms with van der Waals surface area (Å²) in [5, 5.41) is 2.76. The average Bonchev–Trinajstić information content (AvgIpc) is 3.43. The lowest BCUT2D eigenvalue weighted by Gasteiger charge is -2.24. The summed E-state index contributed by atoms with van der Waals surface area (Å²) in [6.07, 6.45) is 1.22. The third-order valence-corrected chi connectivity index (χ3v) is 6.04.